The molecule has 1 aromatic heterocycles. The van der Waals surface area contributed by atoms with Crippen LogP contribution in [0.3, 0.4) is 0 Å². The Labute approximate surface area is 105 Å². The number of rotatable bonds is 2. The van der Waals surface area contributed by atoms with Crippen molar-refractivity contribution in [3.8, 4) is 0 Å². The first kappa shape index (κ1) is 10.7. The van der Waals surface area contributed by atoms with Crippen molar-refractivity contribution in [1.29, 1.82) is 0 Å². The maximum Gasteiger partial charge on any atom is 0.101 e. The molecule has 0 radical (unpaired) electrons. The van der Waals surface area contributed by atoms with Crippen molar-refractivity contribution in [3.05, 3.63) is 47.7 Å². The minimum Gasteiger partial charge on any atom is -0.398 e. The van der Waals surface area contributed by atoms with Gasteiger partial charge in [0.25, 0.3) is 0 Å². The number of fused-ring (bicyclic) bond motifs is 1. The second-order valence-electron chi connectivity index (χ2n) is 4.25. The van der Waals surface area contributed by atoms with Crippen LogP contribution in [-0.2, 0) is 12.8 Å². The Morgan fingerprint density at radius 1 is 1.06 bits per heavy atom. The van der Waals surface area contributed by atoms with Crippen LogP contribution in [0.2, 0.25) is 0 Å². The topological polar surface area (TPSA) is 38.9 Å². The van der Waals surface area contributed by atoms with Gasteiger partial charge in [-0.25, -0.2) is 4.98 Å². The van der Waals surface area contributed by atoms with E-state index in [0.717, 1.165) is 22.0 Å². The van der Waals surface area contributed by atoms with E-state index in [1.54, 1.807) is 11.8 Å². The maximum atomic E-state index is 5.93. The SMILES string of the molecule is Nc1ccccc1Sc1ccc2c(n1)CCC2. The molecular weight excluding hydrogens is 228 g/mol. The number of nitrogen functional groups attached to an aromatic ring is 1. The Bertz CT molecular complexity index is 552. The van der Waals surface area contributed by atoms with Gasteiger partial charge in [-0.15, -0.1) is 0 Å². The fourth-order valence-corrected chi connectivity index (χ4v) is 2.99. The van der Waals surface area contributed by atoms with E-state index in [1.165, 1.54) is 24.1 Å². The van der Waals surface area contributed by atoms with E-state index < -0.39 is 0 Å². The number of benzene rings is 1. The molecule has 0 saturated heterocycles. The lowest BCUT2D eigenvalue weighted by molar-refractivity contribution is 0.891. The highest BCUT2D eigenvalue weighted by Gasteiger charge is 2.13. The number of hydrogen-bond donors (Lipinski definition) is 1. The highest BCUT2D eigenvalue weighted by molar-refractivity contribution is 7.99. The average Bonchev–Trinajstić information content (AvgIpc) is 2.79. The monoisotopic (exact) mass is 242 g/mol. The summed E-state index contributed by atoms with van der Waals surface area (Å²) in [6.45, 7) is 0. The van der Waals surface area contributed by atoms with Gasteiger partial charge in [-0.1, -0.05) is 30.0 Å². The van der Waals surface area contributed by atoms with Crippen LogP contribution in [0.15, 0.2) is 46.3 Å². The minimum absolute atomic E-state index is 0.819. The first-order chi connectivity index (χ1) is 8.33. The normalized spacial score (nSPS) is 13.6. The number of nitrogens with two attached hydrogens (primary N) is 1. The van der Waals surface area contributed by atoms with Crippen LogP contribution >= 0.6 is 11.8 Å². The number of anilines is 1. The molecule has 3 heteroatoms. The van der Waals surface area contributed by atoms with Crippen LogP contribution in [0.4, 0.5) is 5.69 Å². The lowest BCUT2D eigenvalue weighted by Crippen LogP contribution is -1.91. The largest absolute Gasteiger partial charge is 0.398 e. The lowest BCUT2D eigenvalue weighted by atomic mass is 10.2. The Balaban J connectivity index is 1.89. The van der Waals surface area contributed by atoms with Gasteiger partial charge in [-0.3, -0.25) is 0 Å². The zero-order valence-corrected chi connectivity index (χ0v) is 10.3. The molecule has 0 spiro atoms. The fourth-order valence-electron chi connectivity index (χ4n) is 2.14. The summed E-state index contributed by atoms with van der Waals surface area (Å²) in [7, 11) is 0. The third kappa shape index (κ3) is 2.15. The molecule has 1 aromatic carbocycles. The van der Waals surface area contributed by atoms with Gasteiger partial charge >= 0.3 is 0 Å². The number of para-hydroxylation sites is 1. The molecule has 0 unspecified atom stereocenters. The predicted molar refractivity (Wildman–Crippen MR) is 71.2 cm³/mol. The van der Waals surface area contributed by atoms with Gasteiger partial charge in [0.05, 0.1) is 0 Å². The molecular formula is C14H14N2S. The third-order valence-electron chi connectivity index (χ3n) is 3.04. The van der Waals surface area contributed by atoms with E-state index in [1.807, 2.05) is 24.3 Å². The molecule has 2 aromatic rings. The standard InChI is InChI=1S/C14H14N2S/c15-11-5-1-2-7-13(11)17-14-9-8-10-4-3-6-12(10)16-14/h1-2,5,7-9H,3-4,6,15H2. The summed E-state index contributed by atoms with van der Waals surface area (Å²) in [5.74, 6) is 0. The van der Waals surface area contributed by atoms with Crippen molar-refractivity contribution >= 4 is 17.4 Å². The average molecular weight is 242 g/mol. The first-order valence-corrected chi connectivity index (χ1v) is 6.66. The molecule has 0 atom stereocenters. The van der Waals surface area contributed by atoms with Crippen LogP contribution in [0.5, 0.6) is 0 Å². The molecule has 0 amide bonds. The van der Waals surface area contributed by atoms with Crippen molar-refractivity contribution in [2.24, 2.45) is 0 Å². The summed E-state index contributed by atoms with van der Waals surface area (Å²) in [5, 5.41) is 1.04. The zero-order chi connectivity index (χ0) is 11.7. The van der Waals surface area contributed by atoms with Crippen LogP contribution in [-0.4, -0.2) is 4.98 Å². The van der Waals surface area contributed by atoms with Gasteiger partial charge < -0.3 is 5.73 Å². The van der Waals surface area contributed by atoms with E-state index in [0.29, 0.717) is 0 Å². The summed E-state index contributed by atoms with van der Waals surface area (Å²) in [6, 6.07) is 12.2. The number of aryl methyl sites for hydroxylation is 2. The number of aromatic nitrogens is 1. The van der Waals surface area contributed by atoms with E-state index in [2.05, 4.69) is 12.1 Å². The molecule has 2 N–H and O–H groups in total. The maximum absolute atomic E-state index is 5.93. The van der Waals surface area contributed by atoms with E-state index in [4.69, 9.17) is 10.7 Å². The van der Waals surface area contributed by atoms with Gasteiger partial charge in [0.1, 0.15) is 5.03 Å². The molecule has 0 bridgehead atoms. The minimum atomic E-state index is 0.819. The zero-order valence-electron chi connectivity index (χ0n) is 9.52. The lowest BCUT2D eigenvalue weighted by Gasteiger charge is -2.06. The summed E-state index contributed by atoms with van der Waals surface area (Å²) >= 11 is 1.64. The van der Waals surface area contributed by atoms with Crippen LogP contribution in [0, 0.1) is 0 Å². The van der Waals surface area contributed by atoms with Gasteiger partial charge in [-0.2, -0.15) is 0 Å². The van der Waals surface area contributed by atoms with Crippen molar-refractivity contribution < 1.29 is 0 Å². The predicted octanol–water partition coefficient (Wildman–Crippen LogP) is 3.30. The number of hydrogen-bond acceptors (Lipinski definition) is 3. The molecule has 1 aliphatic carbocycles. The smallest absolute Gasteiger partial charge is 0.101 e. The van der Waals surface area contributed by atoms with Crippen LogP contribution in [0.1, 0.15) is 17.7 Å². The third-order valence-corrected chi connectivity index (χ3v) is 4.06. The molecule has 2 nitrogen and oxygen atoms in total. The molecule has 0 saturated carbocycles. The fraction of sp³-hybridized carbons (Fsp3) is 0.214. The van der Waals surface area contributed by atoms with Gasteiger partial charge in [0.2, 0.25) is 0 Å². The molecule has 1 heterocycles. The van der Waals surface area contributed by atoms with Crippen molar-refractivity contribution in [1.82, 2.24) is 4.98 Å². The van der Waals surface area contributed by atoms with Crippen molar-refractivity contribution in [2.45, 2.75) is 29.2 Å². The van der Waals surface area contributed by atoms with Crippen molar-refractivity contribution in [3.63, 3.8) is 0 Å². The van der Waals surface area contributed by atoms with Crippen LogP contribution < -0.4 is 5.73 Å². The van der Waals surface area contributed by atoms with E-state index in [9.17, 15) is 0 Å². The van der Waals surface area contributed by atoms with Gasteiger partial charge in [0.15, 0.2) is 0 Å². The molecule has 1 aliphatic rings. The second-order valence-corrected chi connectivity index (χ2v) is 5.31. The number of nitrogens with zero attached hydrogens (tertiary/aromatic N) is 1. The van der Waals surface area contributed by atoms with Crippen molar-refractivity contribution in [2.75, 3.05) is 5.73 Å². The molecule has 3 rings (SSSR count). The van der Waals surface area contributed by atoms with E-state index >= 15 is 0 Å². The van der Waals surface area contributed by atoms with E-state index in [-0.39, 0.29) is 0 Å². The molecule has 0 aliphatic heterocycles. The summed E-state index contributed by atoms with van der Waals surface area (Å²) < 4.78 is 0. The van der Waals surface area contributed by atoms with Gasteiger partial charge in [0, 0.05) is 16.3 Å². The molecule has 0 fully saturated rings. The Morgan fingerprint density at radius 2 is 1.94 bits per heavy atom. The highest BCUT2D eigenvalue weighted by atomic mass is 32.2. The quantitative estimate of drug-likeness (QED) is 0.821. The number of pyridine rings is 1. The molecule has 86 valence electrons. The highest BCUT2D eigenvalue weighted by Crippen LogP contribution is 2.32. The second kappa shape index (κ2) is 4.41. The van der Waals surface area contributed by atoms with Gasteiger partial charge in [-0.05, 0) is 43.0 Å². The van der Waals surface area contributed by atoms with Crippen LogP contribution in [0.25, 0.3) is 0 Å². The summed E-state index contributed by atoms with van der Waals surface area (Å²) in [4.78, 5) is 5.78. The Hall–Kier alpha value is -1.48. The molecule has 17 heavy (non-hydrogen) atoms. The summed E-state index contributed by atoms with van der Waals surface area (Å²) in [6.07, 6.45) is 3.54. The Kier molecular flexibility index (Phi) is 2.77. The Morgan fingerprint density at radius 3 is 2.82 bits per heavy atom. The first-order valence-electron chi connectivity index (χ1n) is 5.84. The summed E-state index contributed by atoms with van der Waals surface area (Å²) in [5.41, 5.74) is 9.43.